The normalized spacial score (nSPS) is 11.8. The summed E-state index contributed by atoms with van der Waals surface area (Å²) in [5.74, 6) is -0.0810. The number of hydrogen-bond donors (Lipinski definition) is 2. The van der Waals surface area contributed by atoms with Crippen LogP contribution >= 0.6 is 11.6 Å². The van der Waals surface area contributed by atoms with E-state index in [9.17, 15) is 13.2 Å². The van der Waals surface area contributed by atoms with Crippen molar-refractivity contribution in [2.75, 3.05) is 6.54 Å². The molecule has 26 heavy (non-hydrogen) atoms. The lowest BCUT2D eigenvalue weighted by Gasteiger charge is -2.08. The first kappa shape index (κ1) is 18.6. The van der Waals surface area contributed by atoms with Gasteiger partial charge in [0.05, 0.1) is 5.75 Å². The smallest absolute Gasteiger partial charge is 0.251 e. The second kappa shape index (κ2) is 7.61. The quantitative estimate of drug-likeness (QED) is 0.678. The predicted molar refractivity (Wildman–Crippen MR) is 105 cm³/mol. The highest BCUT2D eigenvalue weighted by molar-refractivity contribution is 7.88. The highest BCUT2D eigenvalue weighted by Crippen LogP contribution is 2.14. The van der Waals surface area contributed by atoms with E-state index in [1.54, 1.807) is 31.2 Å². The maximum atomic E-state index is 12.2. The van der Waals surface area contributed by atoms with Gasteiger partial charge in [0.1, 0.15) is 0 Å². The van der Waals surface area contributed by atoms with Crippen molar-refractivity contribution in [2.24, 2.45) is 0 Å². The fourth-order valence-corrected chi connectivity index (χ4v) is 3.99. The number of aryl methyl sites for hydroxylation is 1. The predicted octanol–water partition coefficient (Wildman–Crippen LogP) is 3.15. The summed E-state index contributed by atoms with van der Waals surface area (Å²) in [4.78, 5) is 14.4. The summed E-state index contributed by atoms with van der Waals surface area (Å²) in [6.07, 6.45) is 0.563. The average Bonchev–Trinajstić information content (AvgIpc) is 2.58. The van der Waals surface area contributed by atoms with Crippen LogP contribution in [0.5, 0.6) is 0 Å². The van der Waals surface area contributed by atoms with Gasteiger partial charge >= 0.3 is 0 Å². The van der Waals surface area contributed by atoms with E-state index in [1.165, 1.54) is 0 Å². The van der Waals surface area contributed by atoms with Crippen molar-refractivity contribution in [3.63, 3.8) is 0 Å². The van der Waals surface area contributed by atoms with Crippen LogP contribution < -0.4 is 10.3 Å². The van der Waals surface area contributed by atoms with E-state index in [-0.39, 0.29) is 11.3 Å². The summed E-state index contributed by atoms with van der Waals surface area (Å²) in [6.45, 7) is 2.07. The average molecular weight is 391 g/mol. The second-order valence-corrected chi connectivity index (χ2v) is 8.48. The number of benzene rings is 2. The number of hydrogen-bond acceptors (Lipinski definition) is 3. The lowest BCUT2D eigenvalue weighted by atomic mass is 10.1. The molecule has 0 spiro atoms. The van der Waals surface area contributed by atoms with Gasteiger partial charge in [-0.05, 0) is 60.2 Å². The zero-order valence-electron chi connectivity index (χ0n) is 14.3. The summed E-state index contributed by atoms with van der Waals surface area (Å²) in [5.41, 5.74) is 3.01. The van der Waals surface area contributed by atoms with Crippen LogP contribution in [0, 0.1) is 6.92 Å². The van der Waals surface area contributed by atoms with E-state index in [0.717, 1.165) is 16.5 Å². The Hall–Kier alpha value is -2.15. The molecule has 1 heterocycles. The maximum Gasteiger partial charge on any atom is 0.251 e. The van der Waals surface area contributed by atoms with Crippen molar-refractivity contribution in [2.45, 2.75) is 19.1 Å². The van der Waals surface area contributed by atoms with Crippen molar-refractivity contribution in [3.05, 3.63) is 80.6 Å². The Bertz CT molecular complexity index is 1090. The summed E-state index contributed by atoms with van der Waals surface area (Å²) in [7, 11) is -3.41. The SMILES string of the molecule is Cc1cc2cc(CCNS(=O)(=O)Cc3ccc(Cl)cc3)ccc2[nH]c1=O. The number of nitrogens with one attached hydrogen (secondary N) is 2. The molecule has 0 saturated heterocycles. The molecule has 0 aliphatic rings. The third-order valence-electron chi connectivity index (χ3n) is 4.10. The van der Waals surface area contributed by atoms with Crippen molar-refractivity contribution < 1.29 is 8.42 Å². The molecule has 0 unspecified atom stereocenters. The maximum absolute atomic E-state index is 12.2. The van der Waals surface area contributed by atoms with Gasteiger partial charge in [-0.2, -0.15) is 0 Å². The molecule has 0 atom stereocenters. The number of aromatic amines is 1. The minimum absolute atomic E-state index is 0.0810. The van der Waals surface area contributed by atoms with Crippen LogP contribution in [0.4, 0.5) is 0 Å². The number of rotatable bonds is 6. The van der Waals surface area contributed by atoms with Crippen LogP contribution in [0.2, 0.25) is 5.02 Å². The molecular weight excluding hydrogens is 372 g/mol. The highest BCUT2D eigenvalue weighted by atomic mass is 35.5. The van der Waals surface area contributed by atoms with E-state index in [4.69, 9.17) is 11.6 Å². The third-order valence-corrected chi connectivity index (χ3v) is 5.71. The van der Waals surface area contributed by atoms with Gasteiger partial charge in [-0.25, -0.2) is 13.1 Å². The Morgan fingerprint density at radius 2 is 1.73 bits per heavy atom. The molecule has 0 radical (unpaired) electrons. The molecule has 136 valence electrons. The van der Waals surface area contributed by atoms with Gasteiger partial charge in [-0.15, -0.1) is 0 Å². The van der Waals surface area contributed by atoms with Crippen LogP contribution in [-0.4, -0.2) is 19.9 Å². The molecule has 2 aromatic carbocycles. The molecule has 0 saturated carbocycles. The first-order valence-electron chi connectivity index (χ1n) is 8.17. The second-order valence-electron chi connectivity index (χ2n) is 6.23. The van der Waals surface area contributed by atoms with Crippen LogP contribution in [0.1, 0.15) is 16.7 Å². The fraction of sp³-hybridized carbons (Fsp3) is 0.211. The first-order valence-corrected chi connectivity index (χ1v) is 10.2. The zero-order chi connectivity index (χ0) is 18.7. The summed E-state index contributed by atoms with van der Waals surface area (Å²) in [5, 5.41) is 1.51. The van der Waals surface area contributed by atoms with Crippen LogP contribution in [0.25, 0.3) is 10.9 Å². The van der Waals surface area contributed by atoms with Crippen LogP contribution in [0.15, 0.2) is 53.3 Å². The number of pyridine rings is 1. The third kappa shape index (κ3) is 4.72. The topological polar surface area (TPSA) is 79.0 Å². The molecule has 0 fully saturated rings. The first-order chi connectivity index (χ1) is 12.3. The Morgan fingerprint density at radius 1 is 1.04 bits per heavy atom. The molecule has 0 amide bonds. The summed E-state index contributed by atoms with van der Waals surface area (Å²) >= 11 is 5.81. The molecule has 1 aromatic heterocycles. The molecule has 3 aromatic rings. The van der Waals surface area contributed by atoms with Crippen LogP contribution in [-0.2, 0) is 22.2 Å². The van der Waals surface area contributed by atoms with Gasteiger partial charge in [0.2, 0.25) is 10.0 Å². The van der Waals surface area contributed by atoms with Crippen molar-refractivity contribution in [3.8, 4) is 0 Å². The molecule has 5 nitrogen and oxygen atoms in total. The fourth-order valence-electron chi connectivity index (χ4n) is 2.72. The van der Waals surface area contributed by atoms with Gasteiger partial charge in [0, 0.05) is 22.6 Å². The molecule has 0 aliphatic carbocycles. The Morgan fingerprint density at radius 3 is 2.46 bits per heavy atom. The molecule has 0 bridgehead atoms. The summed E-state index contributed by atoms with van der Waals surface area (Å²) in [6, 6.07) is 14.3. The van der Waals surface area contributed by atoms with Crippen molar-refractivity contribution in [1.29, 1.82) is 0 Å². The molecule has 0 aliphatic heterocycles. The van der Waals surface area contributed by atoms with Gasteiger partial charge in [-0.1, -0.05) is 29.8 Å². The van der Waals surface area contributed by atoms with E-state index in [0.29, 0.717) is 29.1 Å². The lowest BCUT2D eigenvalue weighted by Crippen LogP contribution is -2.27. The zero-order valence-corrected chi connectivity index (χ0v) is 15.8. The standard InChI is InChI=1S/C19H19ClN2O3S/c1-13-10-16-11-14(4-7-18(16)22-19(13)23)8-9-21-26(24,25)12-15-2-5-17(20)6-3-15/h2-7,10-11,21H,8-9,12H2,1H3,(H,22,23). The van der Waals surface area contributed by atoms with Crippen LogP contribution in [0.3, 0.4) is 0 Å². The number of fused-ring (bicyclic) bond motifs is 1. The highest BCUT2D eigenvalue weighted by Gasteiger charge is 2.11. The monoisotopic (exact) mass is 390 g/mol. The van der Waals surface area contributed by atoms with Gasteiger partial charge in [0.25, 0.3) is 5.56 Å². The number of halogens is 1. The van der Waals surface area contributed by atoms with E-state index in [1.807, 2.05) is 24.3 Å². The van der Waals surface area contributed by atoms with Gasteiger partial charge < -0.3 is 4.98 Å². The van der Waals surface area contributed by atoms with Crippen molar-refractivity contribution in [1.82, 2.24) is 9.71 Å². The molecule has 7 heteroatoms. The number of sulfonamides is 1. The van der Waals surface area contributed by atoms with E-state index < -0.39 is 10.0 Å². The minimum Gasteiger partial charge on any atom is -0.322 e. The summed E-state index contributed by atoms with van der Waals surface area (Å²) < 4.78 is 27.0. The minimum atomic E-state index is -3.41. The molecule has 2 N–H and O–H groups in total. The lowest BCUT2D eigenvalue weighted by molar-refractivity contribution is 0.581. The molecule has 3 rings (SSSR count). The molecular formula is C19H19ClN2O3S. The Balaban J connectivity index is 1.63. The number of H-pyrrole nitrogens is 1. The van der Waals surface area contributed by atoms with Gasteiger partial charge in [0.15, 0.2) is 0 Å². The van der Waals surface area contributed by atoms with E-state index in [2.05, 4.69) is 9.71 Å². The largest absolute Gasteiger partial charge is 0.322 e. The van der Waals surface area contributed by atoms with E-state index >= 15 is 0 Å². The number of aromatic nitrogens is 1. The van der Waals surface area contributed by atoms with Gasteiger partial charge in [-0.3, -0.25) is 4.79 Å². The van der Waals surface area contributed by atoms with Crippen molar-refractivity contribution >= 4 is 32.5 Å². The Labute approximate surface area is 157 Å². The Kier molecular flexibility index (Phi) is 5.46.